The van der Waals surface area contributed by atoms with Crippen LogP contribution in [-0.4, -0.2) is 49.1 Å². The van der Waals surface area contributed by atoms with Crippen LogP contribution in [0.25, 0.3) is 10.8 Å². The van der Waals surface area contributed by atoms with Gasteiger partial charge in [-0.1, -0.05) is 13.8 Å². The molecule has 0 radical (unpaired) electrons. The highest BCUT2D eigenvalue weighted by atomic mass is 16.5. The molecule has 0 spiro atoms. The second-order valence-electron chi connectivity index (χ2n) is 11.4. The van der Waals surface area contributed by atoms with Gasteiger partial charge in [-0.2, -0.15) is 0 Å². The number of fused-ring (bicyclic) bond motifs is 1. The lowest BCUT2D eigenvalue weighted by atomic mass is 9.86. The number of ether oxygens (including phenoxy) is 2. The average Bonchev–Trinajstić information content (AvgIpc) is 2.94. The number of carbonyl (C=O) groups excluding carboxylic acids is 4. The largest absolute Gasteiger partial charge is 0.462 e. The van der Waals surface area contributed by atoms with E-state index in [4.69, 9.17) is 9.47 Å². The molecule has 2 aromatic carbocycles. The molecule has 2 saturated carbocycles. The predicted octanol–water partition coefficient (Wildman–Crippen LogP) is 5.81. The Hall–Kier alpha value is -3.42. The van der Waals surface area contributed by atoms with Crippen molar-refractivity contribution in [2.75, 3.05) is 13.2 Å². The Labute approximate surface area is 236 Å². The maximum atomic E-state index is 13.7. The van der Waals surface area contributed by atoms with Crippen molar-refractivity contribution in [3.63, 3.8) is 0 Å². The van der Waals surface area contributed by atoms with Crippen LogP contribution in [0.4, 0.5) is 0 Å². The molecule has 2 N–H and O–H groups in total. The van der Waals surface area contributed by atoms with Crippen LogP contribution in [0.2, 0.25) is 0 Å². The van der Waals surface area contributed by atoms with E-state index in [1.807, 2.05) is 0 Å². The fourth-order valence-electron chi connectivity index (χ4n) is 5.97. The van der Waals surface area contributed by atoms with Gasteiger partial charge < -0.3 is 20.1 Å². The highest BCUT2D eigenvalue weighted by Crippen LogP contribution is 2.33. The normalized spacial score (nSPS) is 22.8. The van der Waals surface area contributed by atoms with E-state index in [0.717, 1.165) is 51.4 Å². The van der Waals surface area contributed by atoms with Crippen molar-refractivity contribution >= 4 is 34.5 Å². The van der Waals surface area contributed by atoms with Crippen molar-refractivity contribution in [1.82, 2.24) is 10.6 Å². The summed E-state index contributed by atoms with van der Waals surface area (Å²) >= 11 is 0. The van der Waals surface area contributed by atoms with E-state index in [1.165, 1.54) is 12.1 Å². The molecule has 0 heterocycles. The molecule has 0 aliphatic heterocycles. The van der Waals surface area contributed by atoms with Gasteiger partial charge >= 0.3 is 11.9 Å². The molecule has 2 aliphatic rings. The average molecular weight is 551 g/mol. The first-order valence-electron chi connectivity index (χ1n) is 14.8. The Kier molecular flexibility index (Phi) is 9.82. The number of amides is 2. The minimum absolute atomic E-state index is 0.0229. The zero-order chi connectivity index (χ0) is 28.8. The van der Waals surface area contributed by atoms with Crippen LogP contribution in [0.15, 0.2) is 24.3 Å². The fraction of sp³-hybridized carbons (Fsp3) is 0.562. The molecule has 216 valence electrons. The predicted molar refractivity (Wildman–Crippen MR) is 154 cm³/mol. The van der Waals surface area contributed by atoms with Gasteiger partial charge in [0, 0.05) is 34.0 Å². The molecule has 2 amide bonds. The van der Waals surface area contributed by atoms with Crippen LogP contribution < -0.4 is 10.6 Å². The lowest BCUT2D eigenvalue weighted by Gasteiger charge is -2.28. The molecule has 8 nitrogen and oxygen atoms in total. The summed E-state index contributed by atoms with van der Waals surface area (Å²) in [5.74, 6) is -0.679. The highest BCUT2D eigenvalue weighted by molar-refractivity contribution is 6.23. The number of nitrogens with one attached hydrogen (secondary N) is 2. The van der Waals surface area contributed by atoms with Crippen LogP contribution in [-0.2, 0) is 9.47 Å². The molecule has 0 aromatic heterocycles. The zero-order valence-corrected chi connectivity index (χ0v) is 24.1. The van der Waals surface area contributed by atoms with Gasteiger partial charge in [0.25, 0.3) is 11.8 Å². The van der Waals surface area contributed by atoms with Crippen molar-refractivity contribution in [2.45, 2.75) is 91.1 Å². The SMILES string of the molecule is CCOC(=O)c1ccc(C(=O)NC2CCC(C)CC2)c2c(C(=O)OCC)ccc(C(=O)NC3CCC(C)CC3)c12. The first-order chi connectivity index (χ1) is 19.2. The Bertz CT molecular complexity index is 1160. The number of hydrogen-bond acceptors (Lipinski definition) is 6. The minimum Gasteiger partial charge on any atom is -0.462 e. The highest BCUT2D eigenvalue weighted by Gasteiger charge is 2.29. The molecule has 2 aliphatic carbocycles. The summed E-state index contributed by atoms with van der Waals surface area (Å²) in [6.45, 7) is 8.12. The number of esters is 2. The summed E-state index contributed by atoms with van der Waals surface area (Å²) in [5.41, 5.74) is 0.721. The summed E-state index contributed by atoms with van der Waals surface area (Å²) in [4.78, 5) is 53.6. The standard InChI is InChI=1S/C32H42N2O6/c1-5-39-31(37)25-17-15-24(30(36)34-22-13-9-20(4)10-14-22)28-26(32(38)40-6-2)18-16-23(27(25)28)29(35)33-21-11-7-19(3)8-12-21/h15-22H,5-14H2,1-4H3,(H,33,35)(H,34,36). The number of carbonyl (C=O) groups is 4. The second-order valence-corrected chi connectivity index (χ2v) is 11.4. The van der Waals surface area contributed by atoms with Gasteiger partial charge in [-0.25, -0.2) is 9.59 Å². The van der Waals surface area contributed by atoms with Crippen molar-refractivity contribution < 1.29 is 28.7 Å². The maximum Gasteiger partial charge on any atom is 0.338 e. The summed E-state index contributed by atoms with van der Waals surface area (Å²) in [5, 5.41) is 6.73. The molecule has 4 rings (SSSR count). The zero-order valence-electron chi connectivity index (χ0n) is 24.1. The van der Waals surface area contributed by atoms with Crippen molar-refractivity contribution in [3.05, 3.63) is 46.5 Å². The molecule has 2 aromatic rings. The van der Waals surface area contributed by atoms with Gasteiger partial charge in [-0.3, -0.25) is 9.59 Å². The van der Waals surface area contributed by atoms with E-state index in [-0.39, 0.29) is 70.1 Å². The van der Waals surface area contributed by atoms with Crippen molar-refractivity contribution in [2.24, 2.45) is 11.8 Å². The minimum atomic E-state index is -0.623. The van der Waals surface area contributed by atoms with Gasteiger partial charge in [0.2, 0.25) is 0 Å². The lowest BCUT2D eigenvalue weighted by molar-refractivity contribution is 0.0517. The smallest absolute Gasteiger partial charge is 0.338 e. The van der Waals surface area contributed by atoms with Gasteiger partial charge in [0.15, 0.2) is 0 Å². The van der Waals surface area contributed by atoms with E-state index >= 15 is 0 Å². The number of hydrogen-bond donors (Lipinski definition) is 2. The number of benzene rings is 2. The Balaban J connectivity index is 1.84. The van der Waals surface area contributed by atoms with Gasteiger partial charge in [0.1, 0.15) is 0 Å². The van der Waals surface area contributed by atoms with Gasteiger partial charge in [-0.15, -0.1) is 0 Å². The third kappa shape index (κ3) is 6.65. The molecule has 0 unspecified atom stereocenters. The van der Waals surface area contributed by atoms with Crippen LogP contribution >= 0.6 is 0 Å². The van der Waals surface area contributed by atoms with E-state index in [9.17, 15) is 19.2 Å². The van der Waals surface area contributed by atoms with E-state index in [0.29, 0.717) is 11.8 Å². The third-order valence-corrected chi connectivity index (χ3v) is 8.34. The summed E-state index contributed by atoms with van der Waals surface area (Å²) in [6.07, 6.45) is 7.65. The lowest BCUT2D eigenvalue weighted by Crippen LogP contribution is -2.38. The Morgan fingerprint density at radius 1 is 0.600 bits per heavy atom. The molecule has 8 heteroatoms. The first kappa shape index (κ1) is 29.6. The molecular formula is C32H42N2O6. The first-order valence-corrected chi connectivity index (χ1v) is 14.8. The molecular weight excluding hydrogens is 508 g/mol. The quantitative estimate of drug-likeness (QED) is 0.401. The summed E-state index contributed by atoms with van der Waals surface area (Å²) < 4.78 is 10.6. The fourth-order valence-corrected chi connectivity index (χ4v) is 5.97. The monoisotopic (exact) mass is 550 g/mol. The van der Waals surface area contributed by atoms with Crippen LogP contribution in [0.5, 0.6) is 0 Å². The van der Waals surface area contributed by atoms with Crippen LogP contribution in [0.3, 0.4) is 0 Å². The van der Waals surface area contributed by atoms with E-state index < -0.39 is 11.9 Å². The number of rotatable bonds is 8. The Morgan fingerprint density at radius 2 is 0.925 bits per heavy atom. The second kappa shape index (κ2) is 13.3. The van der Waals surface area contributed by atoms with Gasteiger partial charge in [0.05, 0.1) is 24.3 Å². The third-order valence-electron chi connectivity index (χ3n) is 8.34. The molecule has 40 heavy (non-hydrogen) atoms. The molecule has 2 fully saturated rings. The maximum absolute atomic E-state index is 13.7. The van der Waals surface area contributed by atoms with Crippen LogP contribution in [0, 0.1) is 11.8 Å². The molecule has 0 bridgehead atoms. The molecule has 0 atom stereocenters. The topological polar surface area (TPSA) is 111 Å². The van der Waals surface area contributed by atoms with Crippen molar-refractivity contribution in [1.29, 1.82) is 0 Å². The van der Waals surface area contributed by atoms with Crippen molar-refractivity contribution in [3.8, 4) is 0 Å². The summed E-state index contributed by atoms with van der Waals surface area (Å²) in [7, 11) is 0. The van der Waals surface area contributed by atoms with Crippen LogP contribution in [0.1, 0.15) is 120 Å². The Morgan fingerprint density at radius 3 is 1.25 bits per heavy atom. The van der Waals surface area contributed by atoms with E-state index in [2.05, 4.69) is 24.5 Å². The van der Waals surface area contributed by atoms with E-state index in [1.54, 1.807) is 26.0 Å². The molecule has 0 saturated heterocycles. The summed E-state index contributed by atoms with van der Waals surface area (Å²) in [6, 6.07) is 6.17. The van der Waals surface area contributed by atoms with Gasteiger partial charge in [-0.05, 0) is 101 Å².